The number of aromatic nitrogens is 1. The highest BCUT2D eigenvalue weighted by atomic mass is 32.1. The van der Waals surface area contributed by atoms with Crippen molar-refractivity contribution in [1.29, 1.82) is 5.26 Å². The highest BCUT2D eigenvalue weighted by molar-refractivity contribution is 7.10. The van der Waals surface area contributed by atoms with Crippen LogP contribution in [0.25, 0.3) is 5.76 Å². The number of benzene rings is 2. The third kappa shape index (κ3) is 4.79. The van der Waals surface area contributed by atoms with Crippen molar-refractivity contribution in [1.82, 2.24) is 4.98 Å². The maximum absolute atomic E-state index is 13.4. The van der Waals surface area contributed by atoms with Gasteiger partial charge in [-0.05, 0) is 11.1 Å². The van der Waals surface area contributed by atoms with E-state index in [0.29, 0.717) is 10.6 Å². The first-order valence-corrected chi connectivity index (χ1v) is 10.2. The Morgan fingerprint density at radius 3 is 2.00 bits per heavy atom. The molecule has 0 aliphatic carbocycles. The Morgan fingerprint density at radius 2 is 1.59 bits per heavy atom. The molecule has 0 saturated carbocycles. The van der Waals surface area contributed by atoms with Crippen LogP contribution in [0.5, 0.6) is 0 Å². The minimum absolute atomic E-state index is 0.233. The lowest BCUT2D eigenvalue weighted by molar-refractivity contribution is -0.137. The summed E-state index contributed by atoms with van der Waals surface area (Å²) in [4.78, 5) is 17.7. The number of carbonyl (C=O) groups is 1. The summed E-state index contributed by atoms with van der Waals surface area (Å²) in [5, 5.41) is 12.1. The SMILES string of the molecule is CC(C)(C)/C(C#N)=C(/OC(=O)C(c1ccccc1)c1ccccc1)c1nccs1. The summed E-state index contributed by atoms with van der Waals surface area (Å²) in [5.74, 6) is -0.811. The van der Waals surface area contributed by atoms with Crippen molar-refractivity contribution >= 4 is 23.1 Å². The summed E-state index contributed by atoms with van der Waals surface area (Å²) >= 11 is 1.34. The van der Waals surface area contributed by atoms with Crippen molar-refractivity contribution in [3.8, 4) is 6.07 Å². The second-order valence-corrected chi connectivity index (χ2v) is 8.47. The molecule has 0 aliphatic rings. The van der Waals surface area contributed by atoms with Crippen LogP contribution in [0.1, 0.15) is 42.8 Å². The Morgan fingerprint density at radius 1 is 1.03 bits per heavy atom. The lowest BCUT2D eigenvalue weighted by atomic mass is 9.86. The van der Waals surface area contributed by atoms with Crippen LogP contribution >= 0.6 is 11.3 Å². The first-order valence-electron chi connectivity index (χ1n) is 9.28. The Labute approximate surface area is 175 Å². The predicted molar refractivity (Wildman–Crippen MR) is 115 cm³/mol. The van der Waals surface area contributed by atoms with E-state index in [-0.39, 0.29) is 5.76 Å². The zero-order valence-corrected chi connectivity index (χ0v) is 17.4. The molecule has 0 aliphatic heterocycles. The van der Waals surface area contributed by atoms with Crippen molar-refractivity contribution < 1.29 is 9.53 Å². The second-order valence-electron chi connectivity index (χ2n) is 7.58. The normalized spacial score (nSPS) is 12.2. The molecule has 0 unspecified atom stereocenters. The Hall–Kier alpha value is -3.23. The van der Waals surface area contributed by atoms with E-state index in [2.05, 4.69) is 11.1 Å². The quantitative estimate of drug-likeness (QED) is 0.307. The van der Waals surface area contributed by atoms with Gasteiger partial charge in [-0.2, -0.15) is 5.26 Å². The van der Waals surface area contributed by atoms with E-state index >= 15 is 0 Å². The van der Waals surface area contributed by atoms with E-state index < -0.39 is 17.3 Å². The van der Waals surface area contributed by atoms with E-state index in [0.717, 1.165) is 11.1 Å². The van der Waals surface area contributed by atoms with Crippen LogP contribution in [0, 0.1) is 16.7 Å². The molecule has 1 heterocycles. The van der Waals surface area contributed by atoms with Crippen molar-refractivity contribution in [2.75, 3.05) is 0 Å². The van der Waals surface area contributed by atoms with Crippen LogP contribution < -0.4 is 0 Å². The van der Waals surface area contributed by atoms with Crippen molar-refractivity contribution in [3.05, 3.63) is 93.9 Å². The van der Waals surface area contributed by atoms with Gasteiger partial charge in [0, 0.05) is 17.0 Å². The molecule has 0 spiro atoms. The Balaban J connectivity index is 2.08. The number of hydrogen-bond acceptors (Lipinski definition) is 5. The third-order valence-electron chi connectivity index (χ3n) is 4.42. The van der Waals surface area contributed by atoms with E-state index in [4.69, 9.17) is 4.74 Å². The van der Waals surface area contributed by atoms with Crippen LogP contribution in [0.4, 0.5) is 0 Å². The fraction of sp³-hybridized carbons (Fsp3) is 0.208. The van der Waals surface area contributed by atoms with Gasteiger partial charge < -0.3 is 4.74 Å². The molecule has 0 amide bonds. The molecule has 0 radical (unpaired) electrons. The van der Waals surface area contributed by atoms with Gasteiger partial charge in [0.15, 0.2) is 10.8 Å². The molecule has 3 rings (SSSR count). The lowest BCUT2D eigenvalue weighted by Gasteiger charge is -2.22. The minimum Gasteiger partial charge on any atom is -0.422 e. The smallest absolute Gasteiger partial charge is 0.323 e. The number of ether oxygens (including phenoxy) is 1. The zero-order chi connectivity index (χ0) is 20.9. The van der Waals surface area contributed by atoms with E-state index in [1.807, 2.05) is 81.4 Å². The number of allylic oxidation sites excluding steroid dienone is 1. The average Bonchev–Trinajstić information content (AvgIpc) is 3.23. The predicted octanol–water partition coefficient (Wildman–Crippen LogP) is 5.80. The molecule has 3 aromatic rings. The summed E-state index contributed by atoms with van der Waals surface area (Å²) in [6, 6.07) is 21.2. The molecule has 2 aromatic carbocycles. The number of hydrogen-bond donors (Lipinski definition) is 0. The third-order valence-corrected chi connectivity index (χ3v) is 5.19. The fourth-order valence-corrected chi connectivity index (χ4v) is 3.63. The molecule has 4 nitrogen and oxygen atoms in total. The van der Waals surface area contributed by atoms with Crippen LogP contribution in [0.2, 0.25) is 0 Å². The molecule has 0 saturated heterocycles. The topological polar surface area (TPSA) is 63.0 Å². The Bertz CT molecular complexity index is 988. The number of rotatable bonds is 5. The van der Waals surface area contributed by atoms with Crippen LogP contribution in [0.3, 0.4) is 0 Å². The van der Waals surface area contributed by atoms with Gasteiger partial charge >= 0.3 is 5.97 Å². The molecule has 0 atom stereocenters. The standard InChI is InChI=1S/C24H22N2O2S/c1-24(2,3)19(16-25)21(22-26-14-15-29-22)28-23(27)20(17-10-6-4-7-11-17)18-12-8-5-9-13-18/h4-15,20H,1-3H3/b21-19+. The van der Waals surface area contributed by atoms with Gasteiger partial charge in [-0.25, -0.2) is 4.98 Å². The van der Waals surface area contributed by atoms with Crippen molar-refractivity contribution in [2.24, 2.45) is 5.41 Å². The number of thiazole rings is 1. The molecule has 0 bridgehead atoms. The molecule has 29 heavy (non-hydrogen) atoms. The molecule has 0 fully saturated rings. The molecule has 1 aromatic heterocycles. The van der Waals surface area contributed by atoms with E-state index in [9.17, 15) is 10.1 Å². The number of esters is 1. The van der Waals surface area contributed by atoms with Crippen molar-refractivity contribution in [2.45, 2.75) is 26.7 Å². The summed E-state index contributed by atoms with van der Waals surface area (Å²) < 4.78 is 5.91. The average molecular weight is 403 g/mol. The van der Waals surface area contributed by atoms with Gasteiger partial charge in [0.1, 0.15) is 5.92 Å². The summed E-state index contributed by atoms with van der Waals surface area (Å²) in [6.45, 7) is 5.75. The summed E-state index contributed by atoms with van der Waals surface area (Å²) in [5.41, 5.74) is 1.55. The summed E-state index contributed by atoms with van der Waals surface area (Å²) in [7, 11) is 0. The number of carbonyl (C=O) groups excluding carboxylic acids is 1. The monoisotopic (exact) mass is 402 g/mol. The van der Waals surface area contributed by atoms with Gasteiger partial charge in [-0.3, -0.25) is 4.79 Å². The number of nitrogens with zero attached hydrogens (tertiary/aromatic N) is 2. The van der Waals surface area contributed by atoms with Crippen LogP contribution in [0.15, 0.2) is 77.8 Å². The molecular formula is C24H22N2O2S. The molecule has 5 heteroatoms. The first kappa shape index (κ1) is 20.5. The highest BCUT2D eigenvalue weighted by Crippen LogP contribution is 2.36. The minimum atomic E-state index is -0.604. The van der Waals surface area contributed by atoms with Gasteiger partial charge in [-0.1, -0.05) is 81.4 Å². The lowest BCUT2D eigenvalue weighted by Crippen LogP contribution is -2.19. The zero-order valence-electron chi connectivity index (χ0n) is 16.6. The second kappa shape index (κ2) is 8.85. The number of nitriles is 1. The molecular weight excluding hydrogens is 380 g/mol. The largest absolute Gasteiger partial charge is 0.422 e. The van der Waals surface area contributed by atoms with E-state index in [1.165, 1.54) is 11.3 Å². The van der Waals surface area contributed by atoms with E-state index in [1.54, 1.807) is 11.6 Å². The van der Waals surface area contributed by atoms with Gasteiger partial charge in [0.2, 0.25) is 0 Å². The van der Waals surface area contributed by atoms with Crippen LogP contribution in [-0.2, 0) is 9.53 Å². The van der Waals surface area contributed by atoms with Gasteiger partial charge in [0.25, 0.3) is 0 Å². The fourth-order valence-electron chi connectivity index (χ4n) is 3.01. The molecule has 0 N–H and O–H groups in total. The Kier molecular flexibility index (Phi) is 6.26. The maximum Gasteiger partial charge on any atom is 0.323 e. The maximum atomic E-state index is 13.4. The first-order chi connectivity index (χ1) is 13.9. The van der Waals surface area contributed by atoms with Crippen molar-refractivity contribution in [3.63, 3.8) is 0 Å². The van der Waals surface area contributed by atoms with Gasteiger partial charge in [0.05, 0.1) is 11.6 Å². The van der Waals surface area contributed by atoms with Crippen LogP contribution in [-0.4, -0.2) is 11.0 Å². The molecule has 146 valence electrons. The highest BCUT2D eigenvalue weighted by Gasteiger charge is 2.30. The van der Waals surface area contributed by atoms with Gasteiger partial charge in [-0.15, -0.1) is 11.3 Å². The summed E-state index contributed by atoms with van der Waals surface area (Å²) in [6.07, 6.45) is 1.64.